The lowest BCUT2D eigenvalue weighted by atomic mass is 9.95. The lowest BCUT2D eigenvalue weighted by Gasteiger charge is -2.19. The predicted molar refractivity (Wildman–Crippen MR) is 59.0 cm³/mol. The zero-order chi connectivity index (χ0) is 10.6. The summed E-state index contributed by atoms with van der Waals surface area (Å²) in [6.45, 7) is 7.44. The Morgan fingerprint density at radius 2 is 1.79 bits per heavy atom. The molecule has 1 aromatic carbocycles. The molecule has 14 heavy (non-hydrogen) atoms. The van der Waals surface area contributed by atoms with E-state index in [4.69, 9.17) is 10.5 Å². The Hall–Kier alpha value is -0.860. The van der Waals surface area contributed by atoms with E-state index >= 15 is 0 Å². The quantitative estimate of drug-likeness (QED) is 0.797. The maximum atomic E-state index is 5.98. The Labute approximate surface area is 86.1 Å². The molecule has 0 aliphatic carbocycles. The van der Waals surface area contributed by atoms with Crippen molar-refractivity contribution in [3.63, 3.8) is 0 Å². The molecule has 1 rings (SSSR count). The molecule has 0 radical (unpaired) electrons. The van der Waals surface area contributed by atoms with Crippen molar-refractivity contribution in [2.24, 2.45) is 5.73 Å². The average molecular weight is 193 g/mol. The van der Waals surface area contributed by atoms with Gasteiger partial charge in [-0.15, -0.1) is 0 Å². The van der Waals surface area contributed by atoms with Gasteiger partial charge in [0.25, 0.3) is 0 Å². The van der Waals surface area contributed by atoms with E-state index in [1.807, 2.05) is 20.8 Å². The molecule has 2 heteroatoms. The number of hydrogen-bond donors (Lipinski definition) is 1. The van der Waals surface area contributed by atoms with Crippen LogP contribution in [-0.4, -0.2) is 6.61 Å². The van der Waals surface area contributed by atoms with Crippen LogP contribution in [-0.2, 0) is 16.9 Å². The number of nitrogens with two attached hydrogens (primary N) is 1. The maximum absolute atomic E-state index is 5.98. The van der Waals surface area contributed by atoms with Gasteiger partial charge < -0.3 is 10.5 Å². The van der Waals surface area contributed by atoms with Crippen LogP contribution in [0, 0.1) is 0 Å². The summed E-state index contributed by atoms with van der Waals surface area (Å²) < 4.78 is 5.31. The molecule has 1 aromatic rings. The van der Waals surface area contributed by atoms with Gasteiger partial charge in [0, 0.05) is 12.1 Å². The first-order chi connectivity index (χ1) is 6.54. The Morgan fingerprint density at radius 1 is 1.21 bits per heavy atom. The van der Waals surface area contributed by atoms with Gasteiger partial charge in [0.05, 0.1) is 6.61 Å². The topological polar surface area (TPSA) is 35.2 Å². The third-order valence-electron chi connectivity index (χ3n) is 2.17. The lowest BCUT2D eigenvalue weighted by molar-refractivity contribution is 0.134. The molecule has 0 aliphatic heterocycles. The Morgan fingerprint density at radius 3 is 2.21 bits per heavy atom. The summed E-state index contributed by atoms with van der Waals surface area (Å²) in [6, 6.07) is 8.27. The van der Waals surface area contributed by atoms with Gasteiger partial charge in [-0.1, -0.05) is 24.3 Å². The standard InChI is InChI=1S/C12H19NO/c1-4-14-9-10-5-7-11(8-6-10)12(2,3)13/h5-8H,4,9,13H2,1-3H3. The third kappa shape index (κ3) is 3.13. The summed E-state index contributed by atoms with van der Waals surface area (Å²) >= 11 is 0. The maximum Gasteiger partial charge on any atom is 0.0716 e. The predicted octanol–water partition coefficient (Wildman–Crippen LogP) is 2.42. The molecular formula is C12H19NO. The van der Waals surface area contributed by atoms with Crippen LogP contribution in [0.15, 0.2) is 24.3 Å². The molecule has 0 aromatic heterocycles. The highest BCUT2D eigenvalue weighted by molar-refractivity contribution is 5.26. The number of hydrogen-bond acceptors (Lipinski definition) is 2. The van der Waals surface area contributed by atoms with Crippen molar-refractivity contribution < 1.29 is 4.74 Å². The molecule has 0 bridgehead atoms. The van der Waals surface area contributed by atoms with Gasteiger partial charge >= 0.3 is 0 Å². The summed E-state index contributed by atoms with van der Waals surface area (Å²) in [5, 5.41) is 0. The highest BCUT2D eigenvalue weighted by Gasteiger charge is 2.12. The first-order valence-electron chi connectivity index (χ1n) is 5.00. The van der Waals surface area contributed by atoms with Crippen LogP contribution in [0.4, 0.5) is 0 Å². The molecule has 78 valence electrons. The van der Waals surface area contributed by atoms with E-state index < -0.39 is 0 Å². The molecule has 0 heterocycles. The smallest absolute Gasteiger partial charge is 0.0716 e. The van der Waals surface area contributed by atoms with Crippen LogP contribution in [0.1, 0.15) is 31.9 Å². The molecule has 0 fully saturated rings. The minimum absolute atomic E-state index is 0.260. The van der Waals surface area contributed by atoms with Gasteiger partial charge in [-0.2, -0.15) is 0 Å². The van der Waals surface area contributed by atoms with E-state index in [9.17, 15) is 0 Å². The minimum Gasteiger partial charge on any atom is -0.377 e. The Kier molecular flexibility index (Phi) is 3.67. The molecule has 2 N–H and O–H groups in total. The largest absolute Gasteiger partial charge is 0.377 e. The normalized spacial score (nSPS) is 11.7. The number of rotatable bonds is 4. The van der Waals surface area contributed by atoms with E-state index in [1.54, 1.807) is 0 Å². The number of ether oxygens (including phenoxy) is 1. The fourth-order valence-electron chi connectivity index (χ4n) is 1.25. The van der Waals surface area contributed by atoms with E-state index in [0.29, 0.717) is 6.61 Å². The van der Waals surface area contributed by atoms with E-state index in [2.05, 4.69) is 24.3 Å². The molecule has 0 saturated heterocycles. The van der Waals surface area contributed by atoms with Crippen molar-refractivity contribution in [1.29, 1.82) is 0 Å². The summed E-state index contributed by atoms with van der Waals surface area (Å²) in [7, 11) is 0. The fraction of sp³-hybridized carbons (Fsp3) is 0.500. The van der Waals surface area contributed by atoms with Crippen LogP contribution in [0.2, 0.25) is 0 Å². The lowest BCUT2D eigenvalue weighted by Crippen LogP contribution is -2.28. The van der Waals surface area contributed by atoms with Gasteiger partial charge in [-0.3, -0.25) is 0 Å². The van der Waals surface area contributed by atoms with Crippen molar-refractivity contribution >= 4 is 0 Å². The molecule has 2 nitrogen and oxygen atoms in total. The number of benzene rings is 1. The summed E-state index contributed by atoms with van der Waals surface area (Å²) in [5.74, 6) is 0. The second-order valence-corrected chi connectivity index (χ2v) is 4.06. The SMILES string of the molecule is CCOCc1ccc(C(C)(C)N)cc1. The van der Waals surface area contributed by atoms with E-state index in [0.717, 1.165) is 12.2 Å². The first-order valence-corrected chi connectivity index (χ1v) is 5.00. The molecule has 0 atom stereocenters. The molecule has 0 saturated carbocycles. The Bertz CT molecular complexity index is 271. The van der Waals surface area contributed by atoms with Crippen LogP contribution in [0.3, 0.4) is 0 Å². The average Bonchev–Trinajstić information content (AvgIpc) is 2.14. The van der Waals surface area contributed by atoms with Gasteiger partial charge in [0.15, 0.2) is 0 Å². The van der Waals surface area contributed by atoms with Crippen LogP contribution in [0.5, 0.6) is 0 Å². The van der Waals surface area contributed by atoms with Crippen molar-refractivity contribution in [2.75, 3.05) is 6.61 Å². The monoisotopic (exact) mass is 193 g/mol. The summed E-state index contributed by atoms with van der Waals surface area (Å²) in [5.41, 5.74) is 8.06. The van der Waals surface area contributed by atoms with Crippen LogP contribution < -0.4 is 5.73 Å². The molecule has 0 aliphatic rings. The molecule has 0 amide bonds. The zero-order valence-electron chi connectivity index (χ0n) is 9.21. The summed E-state index contributed by atoms with van der Waals surface area (Å²) in [4.78, 5) is 0. The van der Waals surface area contributed by atoms with Gasteiger partial charge in [0.1, 0.15) is 0 Å². The molecule has 0 spiro atoms. The van der Waals surface area contributed by atoms with Gasteiger partial charge in [-0.05, 0) is 31.9 Å². The van der Waals surface area contributed by atoms with Crippen molar-refractivity contribution in [3.8, 4) is 0 Å². The van der Waals surface area contributed by atoms with Crippen molar-refractivity contribution in [3.05, 3.63) is 35.4 Å². The Balaban J connectivity index is 2.69. The third-order valence-corrected chi connectivity index (χ3v) is 2.17. The van der Waals surface area contributed by atoms with Crippen LogP contribution in [0.25, 0.3) is 0 Å². The first kappa shape index (κ1) is 11.2. The van der Waals surface area contributed by atoms with E-state index in [-0.39, 0.29) is 5.54 Å². The summed E-state index contributed by atoms with van der Waals surface area (Å²) in [6.07, 6.45) is 0. The van der Waals surface area contributed by atoms with Gasteiger partial charge in [0.2, 0.25) is 0 Å². The highest BCUT2D eigenvalue weighted by atomic mass is 16.5. The fourth-order valence-corrected chi connectivity index (χ4v) is 1.25. The van der Waals surface area contributed by atoms with E-state index in [1.165, 1.54) is 5.56 Å². The van der Waals surface area contributed by atoms with Crippen molar-refractivity contribution in [1.82, 2.24) is 0 Å². The van der Waals surface area contributed by atoms with Gasteiger partial charge in [-0.25, -0.2) is 0 Å². The highest BCUT2D eigenvalue weighted by Crippen LogP contribution is 2.17. The van der Waals surface area contributed by atoms with Crippen LogP contribution >= 0.6 is 0 Å². The zero-order valence-corrected chi connectivity index (χ0v) is 9.21. The van der Waals surface area contributed by atoms with Crippen molar-refractivity contribution in [2.45, 2.75) is 32.9 Å². The molecule has 0 unspecified atom stereocenters. The molecular weight excluding hydrogens is 174 g/mol. The second-order valence-electron chi connectivity index (χ2n) is 4.06. The minimum atomic E-state index is -0.260. The second kappa shape index (κ2) is 4.58.